The molecule has 0 unspecified atom stereocenters. The van der Waals surface area contributed by atoms with E-state index in [0.29, 0.717) is 16.8 Å². The fourth-order valence-corrected chi connectivity index (χ4v) is 1.76. The van der Waals surface area contributed by atoms with Crippen LogP contribution in [0.15, 0.2) is 18.2 Å². The van der Waals surface area contributed by atoms with Crippen molar-refractivity contribution in [2.45, 2.75) is 19.5 Å². The minimum Gasteiger partial charge on any atom is -0.398 e. The molecule has 4 heteroatoms. The summed E-state index contributed by atoms with van der Waals surface area (Å²) in [5, 5.41) is 4.90. The fourth-order valence-electron chi connectivity index (χ4n) is 1.76. The molecule has 0 aliphatic rings. The third-order valence-corrected chi connectivity index (χ3v) is 2.47. The van der Waals surface area contributed by atoms with Crippen LogP contribution in [0.1, 0.15) is 19.5 Å². The number of hydrogen-bond donors (Lipinski definition) is 1. The Bertz CT molecular complexity index is 508. The maximum Gasteiger partial charge on any atom is 0.149 e. The zero-order chi connectivity index (χ0) is 11.2. The van der Waals surface area contributed by atoms with Crippen LogP contribution in [0.3, 0.4) is 0 Å². The minimum atomic E-state index is -1.48. The summed E-state index contributed by atoms with van der Waals surface area (Å²) < 4.78 is 15.6. The fraction of sp³-hybridized carbons (Fsp3) is 0.364. The highest BCUT2D eigenvalue weighted by molar-refractivity contribution is 5.93. The number of alkyl halides is 1. The first-order chi connectivity index (χ1) is 6.91. The third kappa shape index (κ3) is 1.46. The molecule has 1 aromatic heterocycles. The van der Waals surface area contributed by atoms with Crippen LogP contribution < -0.4 is 5.73 Å². The second-order valence-corrected chi connectivity index (χ2v) is 4.19. The van der Waals surface area contributed by atoms with E-state index in [1.165, 1.54) is 13.8 Å². The SMILES string of the molecule is Cn1nc(C(C)(C)F)c2c(N)cccc21. The van der Waals surface area contributed by atoms with Crippen molar-refractivity contribution in [2.75, 3.05) is 5.73 Å². The van der Waals surface area contributed by atoms with Gasteiger partial charge in [0.1, 0.15) is 11.4 Å². The average Bonchev–Trinajstić information content (AvgIpc) is 2.45. The monoisotopic (exact) mass is 207 g/mol. The van der Waals surface area contributed by atoms with Crippen LogP contribution in [0.25, 0.3) is 10.9 Å². The highest BCUT2D eigenvalue weighted by Crippen LogP contribution is 2.33. The Labute approximate surface area is 87.7 Å². The van der Waals surface area contributed by atoms with Gasteiger partial charge < -0.3 is 5.73 Å². The summed E-state index contributed by atoms with van der Waals surface area (Å²) in [4.78, 5) is 0. The van der Waals surface area contributed by atoms with Crippen LogP contribution in [0.2, 0.25) is 0 Å². The summed E-state index contributed by atoms with van der Waals surface area (Å²) in [5.74, 6) is 0. The largest absolute Gasteiger partial charge is 0.398 e. The first-order valence-electron chi connectivity index (χ1n) is 4.82. The van der Waals surface area contributed by atoms with E-state index in [-0.39, 0.29) is 0 Å². The van der Waals surface area contributed by atoms with E-state index in [9.17, 15) is 4.39 Å². The molecule has 0 bridgehead atoms. The molecule has 0 spiro atoms. The van der Waals surface area contributed by atoms with Gasteiger partial charge in [-0.05, 0) is 26.0 Å². The van der Waals surface area contributed by atoms with Gasteiger partial charge in [0.25, 0.3) is 0 Å². The summed E-state index contributed by atoms with van der Waals surface area (Å²) in [6.07, 6.45) is 0. The molecule has 80 valence electrons. The van der Waals surface area contributed by atoms with Gasteiger partial charge in [-0.15, -0.1) is 0 Å². The molecule has 2 aromatic rings. The van der Waals surface area contributed by atoms with Crippen LogP contribution in [-0.4, -0.2) is 9.78 Å². The Morgan fingerprint density at radius 3 is 2.67 bits per heavy atom. The number of nitrogens with two attached hydrogens (primary N) is 1. The molecule has 0 saturated heterocycles. The number of aromatic nitrogens is 2. The van der Waals surface area contributed by atoms with Crippen LogP contribution in [0, 0.1) is 0 Å². The molecule has 0 saturated carbocycles. The number of nitrogens with zero attached hydrogens (tertiary/aromatic N) is 2. The maximum absolute atomic E-state index is 13.9. The normalized spacial score (nSPS) is 12.3. The van der Waals surface area contributed by atoms with Crippen LogP contribution >= 0.6 is 0 Å². The molecule has 1 heterocycles. The number of anilines is 1. The van der Waals surface area contributed by atoms with Crippen molar-refractivity contribution in [1.29, 1.82) is 0 Å². The zero-order valence-corrected chi connectivity index (χ0v) is 9.08. The molecule has 0 atom stereocenters. The van der Waals surface area contributed by atoms with Crippen molar-refractivity contribution in [1.82, 2.24) is 9.78 Å². The average molecular weight is 207 g/mol. The van der Waals surface area contributed by atoms with Gasteiger partial charge in [-0.25, -0.2) is 4.39 Å². The summed E-state index contributed by atoms with van der Waals surface area (Å²) in [6.45, 7) is 2.97. The van der Waals surface area contributed by atoms with Crippen molar-refractivity contribution in [2.24, 2.45) is 7.05 Å². The number of hydrogen-bond acceptors (Lipinski definition) is 2. The highest BCUT2D eigenvalue weighted by Gasteiger charge is 2.26. The molecular weight excluding hydrogens is 193 g/mol. The van der Waals surface area contributed by atoms with Crippen molar-refractivity contribution in [3.63, 3.8) is 0 Å². The lowest BCUT2D eigenvalue weighted by Gasteiger charge is -2.11. The van der Waals surface area contributed by atoms with Crippen molar-refractivity contribution in [3.8, 4) is 0 Å². The van der Waals surface area contributed by atoms with E-state index in [2.05, 4.69) is 5.10 Å². The first kappa shape index (κ1) is 9.96. The number of benzene rings is 1. The molecule has 0 aliphatic heterocycles. The topological polar surface area (TPSA) is 43.8 Å². The van der Waals surface area contributed by atoms with Crippen molar-refractivity contribution >= 4 is 16.6 Å². The maximum atomic E-state index is 13.9. The van der Waals surface area contributed by atoms with E-state index < -0.39 is 5.67 Å². The Morgan fingerprint density at radius 1 is 1.40 bits per heavy atom. The Morgan fingerprint density at radius 2 is 2.07 bits per heavy atom. The van der Waals surface area contributed by atoms with Crippen LogP contribution in [-0.2, 0) is 12.7 Å². The van der Waals surface area contributed by atoms with Gasteiger partial charge in [-0.3, -0.25) is 4.68 Å². The van der Waals surface area contributed by atoms with Crippen LogP contribution in [0.5, 0.6) is 0 Å². The standard InChI is InChI=1S/C11H14FN3/c1-11(2,12)10-9-7(13)5-4-6-8(9)15(3)14-10/h4-6H,13H2,1-3H3. The smallest absolute Gasteiger partial charge is 0.149 e. The Kier molecular flexibility index (Phi) is 1.96. The minimum absolute atomic E-state index is 0.401. The van der Waals surface area contributed by atoms with E-state index in [1.54, 1.807) is 17.8 Å². The third-order valence-electron chi connectivity index (χ3n) is 2.47. The van der Waals surface area contributed by atoms with Gasteiger partial charge in [-0.1, -0.05) is 6.07 Å². The van der Waals surface area contributed by atoms with E-state index in [0.717, 1.165) is 5.52 Å². The Balaban J connectivity index is 2.88. The lowest BCUT2D eigenvalue weighted by Crippen LogP contribution is -2.11. The molecule has 0 aliphatic carbocycles. The van der Waals surface area contributed by atoms with E-state index in [1.807, 2.05) is 12.1 Å². The summed E-state index contributed by atoms with van der Waals surface area (Å²) in [5.41, 5.74) is 6.20. The predicted octanol–water partition coefficient (Wildman–Crippen LogP) is 2.36. The number of halogens is 1. The van der Waals surface area contributed by atoms with Gasteiger partial charge in [0.2, 0.25) is 0 Å². The summed E-state index contributed by atoms with van der Waals surface area (Å²) in [6, 6.07) is 5.49. The molecule has 3 nitrogen and oxygen atoms in total. The van der Waals surface area contributed by atoms with Gasteiger partial charge in [-0.2, -0.15) is 5.10 Å². The van der Waals surface area contributed by atoms with Crippen molar-refractivity contribution < 1.29 is 4.39 Å². The van der Waals surface area contributed by atoms with Crippen LogP contribution in [0.4, 0.5) is 10.1 Å². The predicted molar refractivity (Wildman–Crippen MR) is 59.3 cm³/mol. The number of aryl methyl sites for hydroxylation is 1. The lowest BCUT2D eigenvalue weighted by molar-refractivity contribution is 0.215. The molecule has 15 heavy (non-hydrogen) atoms. The molecule has 1 aromatic carbocycles. The van der Waals surface area contributed by atoms with Gasteiger partial charge in [0.15, 0.2) is 0 Å². The van der Waals surface area contributed by atoms with Gasteiger partial charge in [0.05, 0.1) is 5.52 Å². The van der Waals surface area contributed by atoms with E-state index in [4.69, 9.17) is 5.73 Å². The molecule has 0 radical (unpaired) electrons. The second kappa shape index (κ2) is 2.95. The van der Waals surface area contributed by atoms with Crippen molar-refractivity contribution in [3.05, 3.63) is 23.9 Å². The quantitative estimate of drug-likeness (QED) is 0.729. The Hall–Kier alpha value is -1.58. The molecule has 2 rings (SSSR count). The number of fused-ring (bicyclic) bond motifs is 1. The van der Waals surface area contributed by atoms with Gasteiger partial charge >= 0.3 is 0 Å². The molecule has 0 fully saturated rings. The zero-order valence-electron chi connectivity index (χ0n) is 9.08. The molecule has 2 N–H and O–H groups in total. The van der Waals surface area contributed by atoms with E-state index >= 15 is 0 Å². The molecular formula is C11H14FN3. The molecule has 0 amide bonds. The lowest BCUT2D eigenvalue weighted by atomic mass is 10.0. The second-order valence-electron chi connectivity index (χ2n) is 4.19. The number of nitrogen functional groups attached to an aromatic ring is 1. The first-order valence-corrected chi connectivity index (χ1v) is 4.82. The summed E-state index contributed by atoms with van der Waals surface area (Å²) >= 11 is 0. The summed E-state index contributed by atoms with van der Waals surface area (Å²) in [7, 11) is 1.79. The highest BCUT2D eigenvalue weighted by atomic mass is 19.1. The number of rotatable bonds is 1. The van der Waals surface area contributed by atoms with Gasteiger partial charge in [0, 0.05) is 18.1 Å².